The van der Waals surface area contributed by atoms with E-state index in [-0.39, 0.29) is 0 Å². The SMILES string of the molecule is c1cc(-c2cc[n+](Cc3ccc(OCCOc4ccc(C[n+]5ccc(-c6ccncc6)cc5)cc4)cc3)cc2)ccn1. The van der Waals surface area contributed by atoms with Crippen molar-refractivity contribution < 1.29 is 18.6 Å². The zero-order valence-electron chi connectivity index (χ0n) is 23.3. The fraction of sp³-hybridized carbons (Fsp3) is 0.111. The Bertz CT molecular complexity index is 1540. The zero-order chi connectivity index (χ0) is 28.4. The Kier molecular flexibility index (Phi) is 8.52. The van der Waals surface area contributed by atoms with E-state index in [1.807, 2.05) is 73.3 Å². The van der Waals surface area contributed by atoms with E-state index < -0.39 is 0 Å². The molecule has 0 fully saturated rings. The van der Waals surface area contributed by atoms with Crippen LogP contribution < -0.4 is 18.6 Å². The van der Waals surface area contributed by atoms with Crippen molar-refractivity contribution in [1.82, 2.24) is 9.97 Å². The van der Waals surface area contributed by atoms with Crippen molar-refractivity contribution in [3.63, 3.8) is 0 Å². The van der Waals surface area contributed by atoms with Crippen LogP contribution in [0, 0.1) is 0 Å². The van der Waals surface area contributed by atoms with Crippen molar-refractivity contribution >= 4 is 0 Å². The first-order valence-electron chi connectivity index (χ1n) is 14.0. The Labute approximate surface area is 246 Å². The summed E-state index contributed by atoms with van der Waals surface area (Å²) < 4.78 is 16.1. The van der Waals surface area contributed by atoms with Gasteiger partial charge < -0.3 is 9.47 Å². The largest absolute Gasteiger partial charge is 0.490 e. The van der Waals surface area contributed by atoms with Gasteiger partial charge in [-0.25, -0.2) is 9.13 Å². The average molecular weight is 553 g/mol. The van der Waals surface area contributed by atoms with Gasteiger partial charge in [0.15, 0.2) is 37.9 Å². The number of ether oxygens (including phenoxy) is 2. The molecular formula is C36H32N4O2+2. The van der Waals surface area contributed by atoms with Crippen LogP contribution in [0.5, 0.6) is 11.5 Å². The lowest BCUT2D eigenvalue weighted by atomic mass is 10.1. The minimum atomic E-state index is 0.478. The summed E-state index contributed by atoms with van der Waals surface area (Å²) >= 11 is 0. The van der Waals surface area contributed by atoms with Crippen molar-refractivity contribution in [2.75, 3.05) is 13.2 Å². The average Bonchev–Trinajstić information content (AvgIpc) is 3.06. The molecule has 0 aliphatic carbocycles. The topological polar surface area (TPSA) is 52.0 Å². The number of hydrogen-bond acceptors (Lipinski definition) is 4. The monoisotopic (exact) mass is 552 g/mol. The number of pyridine rings is 4. The number of aromatic nitrogens is 4. The van der Waals surface area contributed by atoms with Crippen molar-refractivity contribution in [3.8, 4) is 33.8 Å². The molecule has 0 aliphatic heterocycles. The van der Waals surface area contributed by atoms with Gasteiger partial charge >= 0.3 is 0 Å². The number of rotatable bonds is 11. The second-order valence-corrected chi connectivity index (χ2v) is 9.97. The first-order valence-corrected chi connectivity index (χ1v) is 14.0. The Morgan fingerprint density at radius 1 is 0.405 bits per heavy atom. The van der Waals surface area contributed by atoms with Gasteiger partial charge in [0, 0.05) is 60.2 Å². The van der Waals surface area contributed by atoms with Crippen molar-refractivity contribution in [3.05, 3.63) is 158 Å². The summed E-state index contributed by atoms with van der Waals surface area (Å²) in [5.74, 6) is 1.67. The molecule has 0 amide bonds. The van der Waals surface area contributed by atoms with Crippen molar-refractivity contribution in [1.29, 1.82) is 0 Å². The molecule has 0 aliphatic rings. The Hall–Kier alpha value is -5.36. The molecule has 6 heteroatoms. The summed E-state index contributed by atoms with van der Waals surface area (Å²) in [6.45, 7) is 2.55. The maximum Gasteiger partial charge on any atom is 0.173 e. The molecule has 6 aromatic rings. The van der Waals surface area contributed by atoms with Crippen LogP contribution in [-0.4, -0.2) is 23.2 Å². The minimum absolute atomic E-state index is 0.478. The van der Waals surface area contributed by atoms with Crippen LogP contribution in [0.15, 0.2) is 147 Å². The molecule has 0 atom stereocenters. The number of hydrogen-bond donors (Lipinski definition) is 0. The molecule has 0 radical (unpaired) electrons. The molecule has 206 valence electrons. The molecule has 6 nitrogen and oxygen atoms in total. The molecule has 0 saturated heterocycles. The van der Waals surface area contributed by atoms with Crippen LogP contribution in [0.1, 0.15) is 11.1 Å². The fourth-order valence-corrected chi connectivity index (χ4v) is 4.72. The van der Waals surface area contributed by atoms with Crippen molar-refractivity contribution in [2.45, 2.75) is 13.1 Å². The van der Waals surface area contributed by atoms with Crippen LogP contribution in [-0.2, 0) is 13.1 Å². The van der Waals surface area contributed by atoms with Gasteiger partial charge in [0.2, 0.25) is 0 Å². The van der Waals surface area contributed by atoms with Crippen LogP contribution in [0.4, 0.5) is 0 Å². The van der Waals surface area contributed by atoms with Gasteiger partial charge in [0.1, 0.15) is 24.7 Å². The van der Waals surface area contributed by atoms with Crippen LogP contribution in [0.2, 0.25) is 0 Å². The van der Waals surface area contributed by atoms with Gasteiger partial charge in [-0.3, -0.25) is 9.97 Å². The van der Waals surface area contributed by atoms with Gasteiger partial charge in [-0.15, -0.1) is 0 Å². The van der Waals surface area contributed by atoms with Crippen molar-refractivity contribution in [2.24, 2.45) is 0 Å². The molecular weight excluding hydrogens is 520 g/mol. The Morgan fingerprint density at radius 3 is 1.10 bits per heavy atom. The lowest BCUT2D eigenvalue weighted by Crippen LogP contribution is -2.32. The maximum atomic E-state index is 5.90. The third-order valence-electron chi connectivity index (χ3n) is 7.01. The standard InChI is InChI=1S/C36H32N4O2/c1-5-35(6-2-29(1)27-39-21-13-33(14-22-39)31-9-17-37-18-10-31)41-25-26-42-36-7-3-30(4-8-36)28-40-23-15-34(16-24-40)32-11-19-38-20-12-32/h1-24H,25-28H2/q+2. The van der Waals surface area contributed by atoms with Gasteiger partial charge in [-0.1, -0.05) is 0 Å². The molecule has 0 unspecified atom stereocenters. The van der Waals surface area contributed by atoms with Gasteiger partial charge in [0.25, 0.3) is 0 Å². The van der Waals surface area contributed by atoms with E-state index in [1.54, 1.807) is 0 Å². The third-order valence-corrected chi connectivity index (χ3v) is 7.01. The minimum Gasteiger partial charge on any atom is -0.490 e. The smallest absolute Gasteiger partial charge is 0.173 e. The fourth-order valence-electron chi connectivity index (χ4n) is 4.72. The third kappa shape index (κ3) is 7.23. The highest BCUT2D eigenvalue weighted by atomic mass is 16.5. The highest BCUT2D eigenvalue weighted by Crippen LogP contribution is 2.18. The molecule has 0 bridgehead atoms. The van der Waals surface area contributed by atoms with E-state index in [1.165, 1.54) is 33.4 Å². The summed E-state index contributed by atoms with van der Waals surface area (Å²) in [6, 6.07) is 33.0. The van der Waals surface area contributed by atoms with E-state index in [2.05, 4.69) is 92.4 Å². The van der Waals surface area contributed by atoms with Gasteiger partial charge in [0.05, 0.1) is 0 Å². The second kappa shape index (κ2) is 13.3. The molecule has 4 heterocycles. The lowest BCUT2D eigenvalue weighted by molar-refractivity contribution is -0.688. The zero-order valence-corrected chi connectivity index (χ0v) is 23.3. The Balaban J connectivity index is 0.927. The Morgan fingerprint density at radius 2 is 0.738 bits per heavy atom. The maximum absolute atomic E-state index is 5.90. The number of nitrogens with zero attached hydrogens (tertiary/aromatic N) is 4. The molecule has 2 aromatic carbocycles. The summed E-state index contributed by atoms with van der Waals surface area (Å²) in [4.78, 5) is 8.17. The summed E-state index contributed by atoms with van der Waals surface area (Å²) in [5, 5.41) is 0. The molecule has 42 heavy (non-hydrogen) atoms. The lowest BCUT2D eigenvalue weighted by Gasteiger charge is -2.09. The molecule has 0 spiro atoms. The predicted octanol–water partition coefficient (Wildman–Crippen LogP) is 5.94. The quantitative estimate of drug-likeness (QED) is 0.148. The molecule has 6 rings (SSSR count). The highest BCUT2D eigenvalue weighted by molar-refractivity contribution is 5.62. The highest BCUT2D eigenvalue weighted by Gasteiger charge is 2.07. The van der Waals surface area contributed by atoms with E-state index in [4.69, 9.17) is 9.47 Å². The first-order chi connectivity index (χ1) is 20.8. The second-order valence-electron chi connectivity index (χ2n) is 9.97. The first kappa shape index (κ1) is 26.8. The molecule has 0 N–H and O–H groups in total. The summed E-state index contributed by atoms with van der Waals surface area (Å²) in [5.41, 5.74) is 7.11. The van der Waals surface area contributed by atoms with E-state index in [0.717, 1.165) is 24.6 Å². The van der Waals surface area contributed by atoms with Crippen LogP contribution in [0.25, 0.3) is 22.3 Å². The number of benzene rings is 2. The molecule has 4 aromatic heterocycles. The van der Waals surface area contributed by atoms with E-state index in [0.29, 0.717) is 13.2 Å². The van der Waals surface area contributed by atoms with Crippen LogP contribution >= 0.6 is 0 Å². The van der Waals surface area contributed by atoms with Crippen LogP contribution in [0.3, 0.4) is 0 Å². The normalized spacial score (nSPS) is 10.8. The van der Waals surface area contributed by atoms with E-state index >= 15 is 0 Å². The summed E-state index contributed by atoms with van der Waals surface area (Å²) in [7, 11) is 0. The predicted molar refractivity (Wildman–Crippen MR) is 162 cm³/mol. The van der Waals surface area contributed by atoms with Gasteiger partial charge in [-0.05, 0) is 95.1 Å². The van der Waals surface area contributed by atoms with Gasteiger partial charge in [-0.2, -0.15) is 0 Å². The van der Waals surface area contributed by atoms with E-state index in [9.17, 15) is 0 Å². The summed E-state index contributed by atoms with van der Waals surface area (Å²) in [6.07, 6.45) is 15.7. The molecule has 0 saturated carbocycles.